The number of aliphatic hydroxyl groups is 1. The second kappa shape index (κ2) is 53.0. The van der Waals surface area contributed by atoms with Crippen molar-refractivity contribution in [2.24, 2.45) is 0 Å². The van der Waals surface area contributed by atoms with Crippen molar-refractivity contribution in [3.05, 3.63) is 109 Å². The number of aliphatic hydroxyl groups excluding tert-OH is 1. The van der Waals surface area contributed by atoms with Crippen LogP contribution in [0.4, 0.5) is 0 Å². The van der Waals surface area contributed by atoms with E-state index in [4.69, 9.17) is 9.05 Å². The molecular formula is C63H112N2O6P+. The minimum absolute atomic E-state index is 0.0339. The molecule has 0 spiro atoms. The maximum Gasteiger partial charge on any atom is 0.472 e. The van der Waals surface area contributed by atoms with E-state index >= 15 is 0 Å². The number of carbonyl (C=O) groups excluding carboxylic acids is 1. The van der Waals surface area contributed by atoms with Gasteiger partial charge in [-0.25, -0.2) is 4.57 Å². The fraction of sp³-hybridized carbons (Fsp3) is 0.698. The number of carbonyl (C=O) groups is 1. The Bertz CT molecular complexity index is 1540. The quantitative estimate of drug-likeness (QED) is 0.0243. The van der Waals surface area contributed by atoms with E-state index < -0.39 is 20.0 Å². The summed E-state index contributed by atoms with van der Waals surface area (Å²) in [5, 5.41) is 13.8. The highest BCUT2D eigenvalue weighted by atomic mass is 31.2. The van der Waals surface area contributed by atoms with E-state index in [9.17, 15) is 19.4 Å². The number of phosphoric ester groups is 1. The van der Waals surface area contributed by atoms with Gasteiger partial charge in [-0.05, 0) is 83.5 Å². The summed E-state index contributed by atoms with van der Waals surface area (Å²) < 4.78 is 23.6. The zero-order valence-corrected chi connectivity index (χ0v) is 48.0. The fourth-order valence-corrected chi connectivity index (χ4v) is 8.66. The second-order valence-corrected chi connectivity index (χ2v) is 22.1. The van der Waals surface area contributed by atoms with E-state index in [1.165, 1.54) is 141 Å². The Labute approximate surface area is 444 Å². The molecule has 0 fully saturated rings. The average molecular weight is 1020 g/mol. The number of rotatable bonds is 52. The van der Waals surface area contributed by atoms with Gasteiger partial charge >= 0.3 is 7.82 Å². The molecule has 0 aliphatic carbocycles. The standard InChI is InChI=1S/C63H111N2O6P/c1-6-8-10-12-14-16-18-20-22-24-26-27-28-29-30-31-32-33-34-35-36-37-39-40-42-44-46-48-50-52-54-56-62(66)61(60-71-72(68,69)70-59-58-65(3,4)5)64-63(67)57-55-53-51-49-47-45-43-41-38-25-23-21-19-17-15-13-11-9-7-2/h9,11,15,17,21,23,38-41,45-48,51,53-54,56,61-62,66H,6-8,10,12-14,16,18-20,22,24-37,42-44,49-50,52,55,57-60H2,1-5H3,(H-,64,67,68,69)/p+1/b11-9-,17-15-,23-21-,40-39+,41-38-,47-45-,48-46+,53-51-,56-54+. The number of amides is 1. The van der Waals surface area contributed by atoms with Crippen molar-refractivity contribution >= 4 is 13.7 Å². The number of allylic oxidation sites excluding steroid dienone is 17. The van der Waals surface area contributed by atoms with Crippen LogP contribution in [0.1, 0.15) is 232 Å². The zero-order chi connectivity index (χ0) is 52.7. The first-order valence-electron chi connectivity index (χ1n) is 29.3. The smallest absolute Gasteiger partial charge is 0.387 e. The average Bonchev–Trinajstić information content (AvgIpc) is 3.34. The number of quaternary nitrogens is 1. The van der Waals surface area contributed by atoms with Crippen LogP contribution in [0.2, 0.25) is 0 Å². The van der Waals surface area contributed by atoms with Crippen molar-refractivity contribution in [3.63, 3.8) is 0 Å². The molecule has 0 saturated carbocycles. The Hall–Kier alpha value is -2.84. The van der Waals surface area contributed by atoms with Gasteiger partial charge in [-0.3, -0.25) is 13.8 Å². The molecule has 3 N–H and O–H groups in total. The molecular weight excluding hydrogens is 912 g/mol. The highest BCUT2D eigenvalue weighted by Crippen LogP contribution is 2.43. The number of nitrogens with one attached hydrogen (secondary N) is 1. The van der Waals surface area contributed by atoms with Gasteiger partial charge < -0.3 is 19.8 Å². The first kappa shape index (κ1) is 69.2. The Morgan fingerprint density at radius 2 is 0.847 bits per heavy atom. The van der Waals surface area contributed by atoms with Crippen LogP contribution in [0.15, 0.2) is 109 Å². The van der Waals surface area contributed by atoms with Gasteiger partial charge in [-0.15, -0.1) is 0 Å². The lowest BCUT2D eigenvalue weighted by Gasteiger charge is -2.25. The molecule has 414 valence electrons. The number of phosphoric acid groups is 1. The predicted molar refractivity (Wildman–Crippen MR) is 313 cm³/mol. The lowest BCUT2D eigenvalue weighted by Crippen LogP contribution is -2.45. The Morgan fingerprint density at radius 3 is 1.26 bits per heavy atom. The maximum atomic E-state index is 12.9. The summed E-state index contributed by atoms with van der Waals surface area (Å²) in [5.41, 5.74) is 0. The molecule has 0 saturated heterocycles. The molecule has 72 heavy (non-hydrogen) atoms. The van der Waals surface area contributed by atoms with Crippen molar-refractivity contribution in [2.45, 2.75) is 244 Å². The van der Waals surface area contributed by atoms with Gasteiger partial charge in [0.05, 0.1) is 39.9 Å². The normalized spacial score (nSPS) is 14.7. The first-order chi connectivity index (χ1) is 35.0. The van der Waals surface area contributed by atoms with E-state index in [1.54, 1.807) is 6.08 Å². The monoisotopic (exact) mass is 1020 g/mol. The highest BCUT2D eigenvalue weighted by Gasteiger charge is 2.27. The third-order valence-electron chi connectivity index (χ3n) is 12.5. The molecule has 3 unspecified atom stereocenters. The summed E-state index contributed by atoms with van der Waals surface area (Å²) >= 11 is 0. The molecule has 9 heteroatoms. The molecule has 0 heterocycles. The molecule has 8 nitrogen and oxygen atoms in total. The summed E-state index contributed by atoms with van der Waals surface area (Å²) in [6.07, 6.45) is 78.1. The number of nitrogens with zero attached hydrogens (tertiary/aromatic N) is 1. The molecule has 1 amide bonds. The summed E-state index contributed by atoms with van der Waals surface area (Å²) in [7, 11) is 1.49. The molecule has 0 aliphatic rings. The van der Waals surface area contributed by atoms with E-state index in [0.717, 1.165) is 64.2 Å². The van der Waals surface area contributed by atoms with Crippen LogP contribution in [0.3, 0.4) is 0 Å². The van der Waals surface area contributed by atoms with Gasteiger partial charge in [-0.1, -0.05) is 252 Å². The van der Waals surface area contributed by atoms with Crippen molar-refractivity contribution in [1.29, 1.82) is 0 Å². The lowest BCUT2D eigenvalue weighted by atomic mass is 10.0. The molecule has 0 rings (SSSR count). The topological polar surface area (TPSA) is 105 Å². The summed E-state index contributed by atoms with van der Waals surface area (Å²) in [6.45, 7) is 4.61. The maximum absolute atomic E-state index is 12.9. The largest absolute Gasteiger partial charge is 0.472 e. The molecule has 3 atom stereocenters. The van der Waals surface area contributed by atoms with Crippen molar-refractivity contribution < 1.29 is 32.9 Å². The van der Waals surface area contributed by atoms with Gasteiger partial charge in [0.1, 0.15) is 13.2 Å². The van der Waals surface area contributed by atoms with E-state index in [1.807, 2.05) is 39.4 Å². The van der Waals surface area contributed by atoms with Gasteiger partial charge in [0.15, 0.2) is 0 Å². The fourth-order valence-electron chi connectivity index (χ4n) is 7.92. The van der Waals surface area contributed by atoms with E-state index in [2.05, 4.69) is 104 Å². The Kier molecular flexibility index (Phi) is 50.9. The van der Waals surface area contributed by atoms with Crippen LogP contribution >= 0.6 is 7.82 Å². The van der Waals surface area contributed by atoms with Crippen molar-refractivity contribution in [2.75, 3.05) is 40.9 Å². The Morgan fingerprint density at radius 1 is 0.486 bits per heavy atom. The minimum Gasteiger partial charge on any atom is -0.387 e. The van der Waals surface area contributed by atoms with Gasteiger partial charge in [0, 0.05) is 6.42 Å². The van der Waals surface area contributed by atoms with Crippen LogP contribution in [-0.4, -0.2) is 73.4 Å². The molecule has 0 aromatic carbocycles. The minimum atomic E-state index is -4.39. The second-order valence-electron chi connectivity index (χ2n) is 20.6. The van der Waals surface area contributed by atoms with Gasteiger partial charge in [0.2, 0.25) is 5.91 Å². The van der Waals surface area contributed by atoms with Crippen LogP contribution in [0, 0.1) is 0 Å². The molecule has 0 aromatic rings. The molecule has 0 bridgehead atoms. The number of hydrogen-bond acceptors (Lipinski definition) is 5. The highest BCUT2D eigenvalue weighted by molar-refractivity contribution is 7.47. The zero-order valence-electron chi connectivity index (χ0n) is 47.1. The number of unbranched alkanes of at least 4 members (excludes halogenated alkanes) is 23. The third-order valence-corrected chi connectivity index (χ3v) is 13.5. The molecule has 0 aromatic heterocycles. The SMILES string of the molecule is CC/C=C\C/C=C\C/C=C\C/C=C\C/C=C\C/C=C\CCC(=O)NC(COP(=O)(O)OCC[N+](C)(C)C)C(O)/C=C/CC/C=C/CC/C=C/CCCCCCCCCCCCCCCCCCCCCCC. The summed E-state index contributed by atoms with van der Waals surface area (Å²) in [4.78, 5) is 23.2. The molecule has 0 radical (unpaired) electrons. The number of hydrogen-bond donors (Lipinski definition) is 3. The lowest BCUT2D eigenvalue weighted by molar-refractivity contribution is -0.870. The first-order valence-corrected chi connectivity index (χ1v) is 30.8. The summed E-state index contributed by atoms with van der Waals surface area (Å²) in [5.74, 6) is -0.276. The molecule has 0 aliphatic heterocycles. The predicted octanol–water partition coefficient (Wildman–Crippen LogP) is 18.0. The van der Waals surface area contributed by atoms with Gasteiger partial charge in [0.25, 0.3) is 0 Å². The van der Waals surface area contributed by atoms with E-state index in [-0.39, 0.29) is 25.5 Å². The van der Waals surface area contributed by atoms with Crippen LogP contribution in [-0.2, 0) is 18.4 Å². The third kappa shape index (κ3) is 54.9. The number of likely N-dealkylation sites (N-methyl/N-ethyl adjacent to an activating group) is 1. The van der Waals surface area contributed by atoms with Crippen molar-refractivity contribution in [1.82, 2.24) is 5.32 Å². The van der Waals surface area contributed by atoms with E-state index in [0.29, 0.717) is 17.4 Å². The van der Waals surface area contributed by atoms with Crippen LogP contribution in [0.5, 0.6) is 0 Å². The van der Waals surface area contributed by atoms with Gasteiger partial charge in [-0.2, -0.15) is 0 Å². The van der Waals surface area contributed by atoms with Crippen LogP contribution < -0.4 is 5.32 Å². The Balaban J connectivity index is 4.33. The summed E-state index contributed by atoms with van der Waals surface area (Å²) in [6, 6.07) is -0.919. The van der Waals surface area contributed by atoms with Crippen molar-refractivity contribution in [3.8, 4) is 0 Å². The van der Waals surface area contributed by atoms with Crippen LogP contribution in [0.25, 0.3) is 0 Å².